The zero-order valence-corrected chi connectivity index (χ0v) is 15.6. The summed E-state index contributed by atoms with van der Waals surface area (Å²) in [5.74, 6) is 0.569. The van der Waals surface area contributed by atoms with Gasteiger partial charge in [-0.3, -0.25) is 9.10 Å². The summed E-state index contributed by atoms with van der Waals surface area (Å²) in [6.07, 6.45) is 1.78. The summed E-state index contributed by atoms with van der Waals surface area (Å²) in [4.78, 5) is 12.6. The van der Waals surface area contributed by atoms with Crippen LogP contribution in [0.25, 0.3) is 0 Å². The van der Waals surface area contributed by atoms with Crippen LogP contribution in [-0.2, 0) is 14.8 Å². The molecule has 3 rings (SSSR count). The van der Waals surface area contributed by atoms with Gasteiger partial charge in [-0.15, -0.1) is 0 Å². The van der Waals surface area contributed by atoms with E-state index in [1.54, 1.807) is 54.6 Å². The first-order valence-electron chi connectivity index (χ1n) is 8.26. The highest BCUT2D eigenvalue weighted by Gasteiger charge is 2.34. The Morgan fingerprint density at radius 2 is 2.00 bits per heavy atom. The molecule has 1 N–H and O–H groups in total. The monoisotopic (exact) mass is 388 g/mol. The zero-order valence-electron chi connectivity index (χ0n) is 14.8. The molecule has 2 aromatic rings. The molecule has 0 radical (unpaired) electrons. The van der Waals surface area contributed by atoms with Crippen molar-refractivity contribution in [1.82, 2.24) is 0 Å². The topological polar surface area (TPSA) is 84.9 Å². The lowest BCUT2D eigenvalue weighted by Crippen LogP contribution is -2.48. The highest BCUT2D eigenvalue weighted by atomic mass is 32.2. The van der Waals surface area contributed by atoms with Gasteiger partial charge < -0.3 is 14.8 Å². The van der Waals surface area contributed by atoms with Gasteiger partial charge in [0, 0.05) is 5.69 Å². The number of hydrogen-bond donors (Lipinski definition) is 1. The first-order chi connectivity index (χ1) is 12.9. The molecule has 27 heavy (non-hydrogen) atoms. The van der Waals surface area contributed by atoms with Gasteiger partial charge in [0.05, 0.1) is 18.5 Å². The maximum Gasteiger partial charge on any atom is 0.267 e. The Hall–Kier alpha value is -3.00. The minimum Gasteiger partial charge on any atom is -0.490 e. The van der Waals surface area contributed by atoms with Crippen LogP contribution in [0.5, 0.6) is 11.5 Å². The van der Waals surface area contributed by atoms with E-state index in [2.05, 4.69) is 11.9 Å². The van der Waals surface area contributed by atoms with E-state index < -0.39 is 22.0 Å². The lowest BCUT2D eigenvalue weighted by Gasteiger charge is -2.33. The summed E-state index contributed by atoms with van der Waals surface area (Å²) in [6, 6.07) is 13.6. The number of amides is 1. The molecule has 1 heterocycles. The Morgan fingerprint density at radius 3 is 2.67 bits per heavy atom. The Morgan fingerprint density at radius 1 is 1.30 bits per heavy atom. The smallest absolute Gasteiger partial charge is 0.267 e. The van der Waals surface area contributed by atoms with Crippen LogP contribution in [0.2, 0.25) is 0 Å². The predicted molar refractivity (Wildman–Crippen MR) is 104 cm³/mol. The minimum atomic E-state index is -3.54. The van der Waals surface area contributed by atoms with E-state index in [1.807, 2.05) is 0 Å². The fourth-order valence-corrected chi connectivity index (χ4v) is 3.58. The molecule has 1 amide bonds. The molecule has 0 unspecified atom stereocenters. The van der Waals surface area contributed by atoms with Crippen molar-refractivity contribution in [3.05, 3.63) is 61.2 Å². The van der Waals surface area contributed by atoms with Crippen LogP contribution in [-0.4, -0.2) is 39.8 Å². The lowest BCUT2D eigenvalue weighted by molar-refractivity contribution is -0.122. The lowest BCUT2D eigenvalue weighted by atomic mass is 10.2. The molecular formula is C19H20N2O5S. The molecule has 0 fully saturated rings. The number of benzene rings is 2. The number of sulfonamides is 1. The zero-order chi connectivity index (χ0) is 19.4. The normalized spacial score (nSPS) is 16.0. The van der Waals surface area contributed by atoms with Crippen LogP contribution in [0.15, 0.2) is 61.2 Å². The van der Waals surface area contributed by atoms with Crippen LogP contribution in [0.1, 0.15) is 0 Å². The number of para-hydroxylation sites is 2. The largest absolute Gasteiger partial charge is 0.490 e. The average Bonchev–Trinajstić information content (AvgIpc) is 2.65. The number of anilines is 2. The van der Waals surface area contributed by atoms with E-state index in [0.29, 0.717) is 29.5 Å². The van der Waals surface area contributed by atoms with Gasteiger partial charge in [-0.2, -0.15) is 0 Å². The quantitative estimate of drug-likeness (QED) is 0.768. The maximum atomic E-state index is 12.6. The Kier molecular flexibility index (Phi) is 5.36. The van der Waals surface area contributed by atoms with Gasteiger partial charge in [0.2, 0.25) is 10.0 Å². The Bertz CT molecular complexity index is 941. The molecule has 0 aliphatic carbocycles. The number of ether oxygens (including phenoxy) is 2. The van der Waals surface area contributed by atoms with Gasteiger partial charge in [0.25, 0.3) is 5.91 Å². The molecule has 1 aliphatic rings. The molecule has 7 nitrogen and oxygen atoms in total. The number of nitrogens with one attached hydrogen (secondary N) is 1. The van der Waals surface area contributed by atoms with Gasteiger partial charge in [0.1, 0.15) is 18.1 Å². The van der Waals surface area contributed by atoms with Crippen LogP contribution < -0.4 is 19.1 Å². The molecule has 0 bridgehead atoms. The fourth-order valence-electron chi connectivity index (χ4n) is 2.67. The molecule has 0 saturated carbocycles. The van der Waals surface area contributed by atoms with E-state index in [9.17, 15) is 13.2 Å². The molecule has 1 aliphatic heterocycles. The second kappa shape index (κ2) is 7.71. The molecule has 8 heteroatoms. The molecule has 2 aromatic carbocycles. The van der Waals surface area contributed by atoms with Crippen molar-refractivity contribution in [3.63, 3.8) is 0 Å². The number of hydrogen-bond acceptors (Lipinski definition) is 5. The number of rotatable bonds is 6. The van der Waals surface area contributed by atoms with Crippen LogP contribution in [0.4, 0.5) is 11.4 Å². The van der Waals surface area contributed by atoms with Crippen molar-refractivity contribution in [2.45, 2.75) is 6.10 Å². The van der Waals surface area contributed by atoms with Gasteiger partial charge >= 0.3 is 0 Å². The van der Waals surface area contributed by atoms with Crippen molar-refractivity contribution in [2.75, 3.05) is 29.0 Å². The maximum absolute atomic E-state index is 12.6. The van der Waals surface area contributed by atoms with Gasteiger partial charge in [-0.1, -0.05) is 24.8 Å². The van der Waals surface area contributed by atoms with Crippen LogP contribution in [0, 0.1) is 0 Å². The summed E-state index contributed by atoms with van der Waals surface area (Å²) in [5, 5.41) is 2.74. The summed E-state index contributed by atoms with van der Waals surface area (Å²) in [5.41, 5.74) is 0.979. The third kappa shape index (κ3) is 4.40. The van der Waals surface area contributed by atoms with E-state index in [1.165, 1.54) is 4.31 Å². The highest BCUT2D eigenvalue weighted by Crippen LogP contribution is 2.34. The summed E-state index contributed by atoms with van der Waals surface area (Å²) >= 11 is 0. The van der Waals surface area contributed by atoms with E-state index in [0.717, 1.165) is 6.26 Å². The predicted octanol–water partition coefficient (Wildman–Crippen LogP) is 2.42. The van der Waals surface area contributed by atoms with Crippen molar-refractivity contribution < 1.29 is 22.7 Å². The molecule has 1 atom stereocenters. The summed E-state index contributed by atoms with van der Waals surface area (Å²) in [6.45, 7) is 3.88. The Balaban J connectivity index is 1.74. The van der Waals surface area contributed by atoms with Gasteiger partial charge in [-0.25, -0.2) is 8.42 Å². The Labute approximate surface area is 158 Å². The van der Waals surface area contributed by atoms with Crippen molar-refractivity contribution >= 4 is 27.3 Å². The van der Waals surface area contributed by atoms with E-state index in [4.69, 9.17) is 9.47 Å². The standard InChI is InChI=1S/C19H20N2O5S/c1-3-12-25-15-10-8-14(9-11-15)20-19(22)18-13-21(27(2,23)24)16-6-4-5-7-17(16)26-18/h3-11,18H,1,12-13H2,2H3,(H,20,22)/t18-/m0/s1. The molecular weight excluding hydrogens is 368 g/mol. The van der Waals surface area contributed by atoms with Gasteiger partial charge in [-0.05, 0) is 36.4 Å². The fraction of sp³-hybridized carbons (Fsp3) is 0.211. The van der Waals surface area contributed by atoms with Crippen molar-refractivity contribution in [3.8, 4) is 11.5 Å². The van der Waals surface area contributed by atoms with E-state index in [-0.39, 0.29) is 6.54 Å². The summed E-state index contributed by atoms with van der Waals surface area (Å²) < 4.78 is 36.5. The number of fused-ring (bicyclic) bond motifs is 1. The van der Waals surface area contributed by atoms with Crippen LogP contribution in [0.3, 0.4) is 0 Å². The third-order valence-corrected chi connectivity index (χ3v) is 5.06. The first-order valence-corrected chi connectivity index (χ1v) is 10.1. The van der Waals surface area contributed by atoms with Crippen molar-refractivity contribution in [1.29, 1.82) is 0 Å². The number of carbonyl (C=O) groups excluding carboxylic acids is 1. The average molecular weight is 388 g/mol. The highest BCUT2D eigenvalue weighted by molar-refractivity contribution is 7.92. The first kappa shape index (κ1) is 18.8. The number of carbonyl (C=O) groups is 1. The SMILES string of the molecule is C=CCOc1ccc(NC(=O)[C@@H]2CN(S(C)(=O)=O)c3ccccc3O2)cc1. The number of nitrogens with zero attached hydrogens (tertiary/aromatic N) is 1. The summed E-state index contributed by atoms with van der Waals surface area (Å²) in [7, 11) is -3.54. The molecule has 142 valence electrons. The van der Waals surface area contributed by atoms with E-state index >= 15 is 0 Å². The third-order valence-electron chi connectivity index (χ3n) is 3.92. The second-order valence-electron chi connectivity index (χ2n) is 5.98. The van der Waals surface area contributed by atoms with Gasteiger partial charge in [0.15, 0.2) is 6.10 Å². The van der Waals surface area contributed by atoms with Crippen LogP contribution >= 0.6 is 0 Å². The molecule has 0 saturated heterocycles. The second-order valence-corrected chi connectivity index (χ2v) is 7.89. The minimum absolute atomic E-state index is 0.0950. The van der Waals surface area contributed by atoms with Crippen molar-refractivity contribution in [2.24, 2.45) is 0 Å². The molecule has 0 spiro atoms. The molecule has 0 aromatic heterocycles.